The first-order valence-corrected chi connectivity index (χ1v) is 11.9. The third kappa shape index (κ3) is 8.16. The number of unbranched alkanes of at least 4 members (excludes halogenated alkanes) is 2. The van der Waals surface area contributed by atoms with Crippen molar-refractivity contribution < 1.29 is 45.7 Å². The quantitative estimate of drug-likeness (QED) is 0.135. The van der Waals surface area contributed by atoms with Gasteiger partial charge in [-0.3, -0.25) is 0 Å². The Bertz CT molecular complexity index is 975. The van der Waals surface area contributed by atoms with E-state index in [-0.39, 0.29) is 17.6 Å². The van der Waals surface area contributed by atoms with Gasteiger partial charge in [-0.05, 0) is 54.8 Å². The minimum Gasteiger partial charge on any atom is -0.428 e. The van der Waals surface area contributed by atoms with Gasteiger partial charge < -0.3 is 18.9 Å². The topological polar surface area (TPSA) is 54.0 Å². The first-order valence-electron chi connectivity index (χ1n) is 11.9. The van der Waals surface area contributed by atoms with E-state index in [2.05, 4.69) is 11.7 Å². The zero-order valence-electron chi connectivity index (χ0n) is 19.9. The predicted octanol–water partition coefficient (Wildman–Crippen LogP) is 6.78. The van der Waals surface area contributed by atoms with Crippen LogP contribution in [0, 0.1) is 11.7 Å². The van der Waals surface area contributed by atoms with E-state index >= 15 is 0 Å². The Balaban J connectivity index is 1.47. The molecule has 0 unspecified atom stereocenters. The number of carbonyl (C=O) groups excluding carboxylic acids is 1. The lowest BCUT2D eigenvalue weighted by atomic mass is 10.0. The summed E-state index contributed by atoms with van der Waals surface area (Å²) in [6.45, 7) is 3.46. The van der Waals surface area contributed by atoms with Gasteiger partial charge in [0.15, 0.2) is 6.29 Å². The van der Waals surface area contributed by atoms with Gasteiger partial charge in [0.2, 0.25) is 0 Å². The molecule has 0 aliphatic carbocycles. The second-order valence-electron chi connectivity index (χ2n) is 8.64. The van der Waals surface area contributed by atoms with Crippen LogP contribution in [0.15, 0.2) is 42.5 Å². The highest BCUT2D eigenvalue weighted by atomic mass is 19.3. The van der Waals surface area contributed by atoms with E-state index < -0.39 is 30.1 Å². The average molecular weight is 517 g/mol. The molecule has 0 N–H and O–H groups in total. The summed E-state index contributed by atoms with van der Waals surface area (Å²) >= 11 is 0. The van der Waals surface area contributed by atoms with Crippen LogP contribution in [0.3, 0.4) is 0 Å². The number of ether oxygens (including phenoxy) is 4. The number of rotatable bonds is 12. The molecule has 1 heterocycles. The second kappa shape index (κ2) is 13.0. The third-order valence-corrected chi connectivity index (χ3v) is 5.72. The number of hydrogen-bond acceptors (Lipinski definition) is 5. The van der Waals surface area contributed by atoms with Crippen molar-refractivity contribution in [2.24, 2.45) is 5.92 Å². The van der Waals surface area contributed by atoms with E-state index in [1.807, 2.05) is 0 Å². The molecule has 1 aliphatic heterocycles. The minimum atomic E-state index is -4.66. The van der Waals surface area contributed by atoms with E-state index in [9.17, 15) is 26.7 Å². The van der Waals surface area contributed by atoms with Crippen molar-refractivity contribution in [3.05, 3.63) is 59.4 Å². The van der Waals surface area contributed by atoms with E-state index in [1.165, 1.54) is 25.0 Å². The molecule has 3 rings (SSSR count). The van der Waals surface area contributed by atoms with Crippen LogP contribution in [0.2, 0.25) is 0 Å². The lowest BCUT2D eigenvalue weighted by Gasteiger charge is -2.29. The summed E-state index contributed by atoms with van der Waals surface area (Å²) in [6.07, 6.45) is -3.38. The summed E-state index contributed by atoms with van der Waals surface area (Å²) < 4.78 is 85.4. The van der Waals surface area contributed by atoms with Gasteiger partial charge in [0, 0.05) is 12.3 Å². The molecule has 1 saturated heterocycles. The molecule has 0 aromatic heterocycles. The zero-order chi connectivity index (χ0) is 26.1. The second-order valence-corrected chi connectivity index (χ2v) is 8.64. The van der Waals surface area contributed by atoms with Gasteiger partial charge in [0.1, 0.15) is 17.3 Å². The Kier molecular flexibility index (Phi) is 10.1. The molecule has 0 bridgehead atoms. The van der Waals surface area contributed by atoms with Gasteiger partial charge in [0.25, 0.3) is 0 Å². The van der Waals surface area contributed by atoms with Crippen molar-refractivity contribution in [2.45, 2.75) is 64.3 Å². The molecule has 0 spiro atoms. The number of halogens is 5. The zero-order valence-corrected chi connectivity index (χ0v) is 19.9. The molecule has 0 radical (unpaired) electrons. The number of alkyl halides is 4. The van der Waals surface area contributed by atoms with Crippen LogP contribution in [0.25, 0.3) is 0 Å². The molecular formula is C26H29F5O5. The molecule has 2 aromatic carbocycles. The molecule has 0 saturated carbocycles. The SMILES string of the molecule is CCCCCC1COC(CCc2ccc(C(=O)Oc3ccc(OC(F)(F)C(F)F)cc3)c(F)c2)OC1. The monoisotopic (exact) mass is 516 g/mol. The fourth-order valence-corrected chi connectivity index (χ4v) is 3.70. The Hall–Kier alpha value is -2.72. The van der Waals surface area contributed by atoms with Gasteiger partial charge in [0.05, 0.1) is 18.8 Å². The summed E-state index contributed by atoms with van der Waals surface area (Å²) in [5, 5.41) is 0. The predicted molar refractivity (Wildman–Crippen MR) is 121 cm³/mol. The van der Waals surface area contributed by atoms with Crippen molar-refractivity contribution in [3.8, 4) is 11.5 Å². The normalized spacial score (nSPS) is 18.3. The molecule has 1 aliphatic rings. The molecular weight excluding hydrogens is 487 g/mol. The van der Waals surface area contributed by atoms with Gasteiger partial charge in [-0.1, -0.05) is 32.3 Å². The summed E-state index contributed by atoms with van der Waals surface area (Å²) in [6, 6.07) is 8.12. The van der Waals surface area contributed by atoms with Crippen LogP contribution in [0.1, 0.15) is 54.9 Å². The fourth-order valence-electron chi connectivity index (χ4n) is 3.70. The van der Waals surface area contributed by atoms with Gasteiger partial charge >= 0.3 is 18.5 Å². The first-order chi connectivity index (χ1) is 17.2. The van der Waals surface area contributed by atoms with E-state index in [0.29, 0.717) is 37.5 Å². The molecule has 10 heteroatoms. The summed E-state index contributed by atoms with van der Waals surface area (Å²) in [7, 11) is 0. The highest BCUT2D eigenvalue weighted by molar-refractivity contribution is 5.91. The molecule has 0 amide bonds. The van der Waals surface area contributed by atoms with Crippen LogP contribution in [-0.4, -0.2) is 38.0 Å². The van der Waals surface area contributed by atoms with Crippen molar-refractivity contribution >= 4 is 5.97 Å². The number of carbonyl (C=O) groups is 1. The number of aryl methyl sites for hydroxylation is 1. The minimum absolute atomic E-state index is 0.101. The van der Waals surface area contributed by atoms with E-state index in [4.69, 9.17) is 14.2 Å². The summed E-state index contributed by atoms with van der Waals surface area (Å²) in [5.41, 5.74) is 0.339. The van der Waals surface area contributed by atoms with Crippen LogP contribution in [0.5, 0.6) is 11.5 Å². The average Bonchev–Trinajstić information content (AvgIpc) is 2.84. The fraction of sp³-hybridized carbons (Fsp3) is 0.500. The van der Waals surface area contributed by atoms with E-state index in [0.717, 1.165) is 37.1 Å². The van der Waals surface area contributed by atoms with Crippen molar-refractivity contribution in [1.29, 1.82) is 0 Å². The molecule has 1 fully saturated rings. The molecule has 36 heavy (non-hydrogen) atoms. The standard InChI is InChI=1S/C26H29F5O5/c1-2-3-4-5-18-15-33-23(34-16-18)13-7-17-6-12-21(22(27)14-17)24(32)35-19-8-10-20(11-9-19)36-26(30,31)25(28)29/h6,8-12,14,18,23,25H,2-5,7,13,15-16H2,1H3. The number of esters is 1. The maximum Gasteiger partial charge on any atom is 0.461 e. The van der Waals surface area contributed by atoms with Crippen LogP contribution < -0.4 is 9.47 Å². The van der Waals surface area contributed by atoms with Crippen molar-refractivity contribution in [2.75, 3.05) is 13.2 Å². The highest BCUT2D eigenvalue weighted by Crippen LogP contribution is 2.29. The van der Waals surface area contributed by atoms with Crippen molar-refractivity contribution in [1.82, 2.24) is 0 Å². The maximum absolute atomic E-state index is 14.6. The number of hydrogen-bond donors (Lipinski definition) is 0. The van der Waals surface area contributed by atoms with Crippen LogP contribution in [-0.2, 0) is 15.9 Å². The van der Waals surface area contributed by atoms with Crippen molar-refractivity contribution in [3.63, 3.8) is 0 Å². The first kappa shape index (κ1) is 27.9. The maximum atomic E-state index is 14.6. The Morgan fingerprint density at radius 3 is 2.31 bits per heavy atom. The van der Waals surface area contributed by atoms with E-state index in [1.54, 1.807) is 6.07 Å². The smallest absolute Gasteiger partial charge is 0.428 e. The molecule has 0 atom stereocenters. The lowest BCUT2D eigenvalue weighted by molar-refractivity contribution is -0.253. The largest absolute Gasteiger partial charge is 0.461 e. The van der Waals surface area contributed by atoms with Gasteiger partial charge in [-0.2, -0.15) is 17.6 Å². The Morgan fingerprint density at radius 2 is 1.69 bits per heavy atom. The summed E-state index contributed by atoms with van der Waals surface area (Å²) in [4.78, 5) is 12.3. The molecule has 5 nitrogen and oxygen atoms in total. The third-order valence-electron chi connectivity index (χ3n) is 5.72. The van der Waals surface area contributed by atoms with Gasteiger partial charge in [-0.15, -0.1) is 0 Å². The highest BCUT2D eigenvalue weighted by Gasteiger charge is 2.43. The Morgan fingerprint density at radius 1 is 1.03 bits per heavy atom. The number of benzene rings is 2. The molecule has 198 valence electrons. The van der Waals surface area contributed by atoms with Gasteiger partial charge in [-0.25, -0.2) is 9.18 Å². The van der Waals surface area contributed by atoms with Crippen LogP contribution >= 0.6 is 0 Å². The Labute approximate surface area is 206 Å². The molecule has 2 aromatic rings. The summed E-state index contributed by atoms with van der Waals surface area (Å²) in [5.74, 6) is -2.03. The van der Waals surface area contributed by atoms with Crippen LogP contribution in [0.4, 0.5) is 22.0 Å². The lowest BCUT2D eigenvalue weighted by Crippen LogP contribution is -2.33.